The van der Waals surface area contributed by atoms with E-state index in [-0.39, 0.29) is 6.04 Å². The molecule has 0 saturated carbocycles. The Morgan fingerprint density at radius 1 is 1.59 bits per heavy atom. The number of nitrogens with zero attached hydrogens (tertiary/aromatic N) is 1. The van der Waals surface area contributed by atoms with Crippen LogP contribution in [0.5, 0.6) is 0 Å². The highest BCUT2D eigenvalue weighted by Gasteiger charge is 2.07. The van der Waals surface area contributed by atoms with Gasteiger partial charge in [-0.3, -0.25) is 0 Å². The third-order valence-electron chi connectivity index (χ3n) is 2.39. The van der Waals surface area contributed by atoms with Crippen molar-refractivity contribution in [1.82, 2.24) is 4.98 Å². The van der Waals surface area contributed by atoms with Crippen LogP contribution in [-0.2, 0) is 6.42 Å². The third-order valence-corrected chi connectivity index (χ3v) is 3.33. The maximum atomic E-state index is 5.84. The Labute approximate surface area is 110 Å². The number of thiophene rings is 1. The molecular weight excluding hydrogens is 254 g/mol. The van der Waals surface area contributed by atoms with E-state index in [0.29, 0.717) is 16.5 Å². The lowest BCUT2D eigenvalue weighted by Gasteiger charge is -2.15. The molecule has 0 radical (unpaired) electrons. The van der Waals surface area contributed by atoms with Gasteiger partial charge in [0.15, 0.2) is 0 Å². The van der Waals surface area contributed by atoms with E-state index in [2.05, 4.69) is 34.1 Å². The van der Waals surface area contributed by atoms with Gasteiger partial charge in [-0.1, -0.05) is 11.6 Å². The Morgan fingerprint density at radius 2 is 2.41 bits per heavy atom. The predicted molar refractivity (Wildman–Crippen MR) is 74.8 cm³/mol. The average molecular weight is 268 g/mol. The standard InChI is InChI=1S/C12H14ClN3S/c1-8(4-9-2-3-17-7-9)16-12-11(14)5-10(13)6-15-12/h2-3,5-8H,4,14H2,1H3,(H,15,16). The van der Waals surface area contributed by atoms with Crippen molar-refractivity contribution >= 4 is 34.4 Å². The summed E-state index contributed by atoms with van der Waals surface area (Å²) in [6.45, 7) is 2.10. The molecule has 0 amide bonds. The van der Waals surface area contributed by atoms with E-state index < -0.39 is 0 Å². The number of hydrogen-bond acceptors (Lipinski definition) is 4. The molecule has 0 bridgehead atoms. The van der Waals surface area contributed by atoms with Gasteiger partial charge in [-0.15, -0.1) is 0 Å². The summed E-state index contributed by atoms with van der Waals surface area (Å²) >= 11 is 7.51. The Bertz CT molecular complexity index is 485. The summed E-state index contributed by atoms with van der Waals surface area (Å²) < 4.78 is 0. The summed E-state index contributed by atoms with van der Waals surface area (Å²) in [6, 6.07) is 4.11. The normalized spacial score (nSPS) is 12.4. The summed E-state index contributed by atoms with van der Waals surface area (Å²) in [5.41, 5.74) is 7.74. The van der Waals surface area contributed by atoms with E-state index in [4.69, 9.17) is 17.3 Å². The number of rotatable bonds is 4. The molecule has 0 fully saturated rings. The molecular formula is C12H14ClN3S. The largest absolute Gasteiger partial charge is 0.396 e. The Balaban J connectivity index is 2.00. The van der Waals surface area contributed by atoms with Crippen molar-refractivity contribution in [3.63, 3.8) is 0 Å². The molecule has 2 heterocycles. The van der Waals surface area contributed by atoms with E-state index in [0.717, 1.165) is 6.42 Å². The molecule has 1 atom stereocenters. The van der Waals surface area contributed by atoms with Crippen LogP contribution in [0.25, 0.3) is 0 Å². The number of hydrogen-bond donors (Lipinski definition) is 2. The zero-order valence-corrected chi connectivity index (χ0v) is 11.1. The zero-order valence-electron chi connectivity index (χ0n) is 9.48. The molecule has 0 saturated heterocycles. The van der Waals surface area contributed by atoms with Crippen molar-refractivity contribution in [3.8, 4) is 0 Å². The fourth-order valence-corrected chi connectivity index (χ4v) is 2.47. The van der Waals surface area contributed by atoms with Crippen LogP contribution in [0.1, 0.15) is 12.5 Å². The van der Waals surface area contributed by atoms with Gasteiger partial charge in [0, 0.05) is 12.2 Å². The highest BCUT2D eigenvalue weighted by molar-refractivity contribution is 7.07. The van der Waals surface area contributed by atoms with E-state index in [1.54, 1.807) is 23.6 Å². The fourth-order valence-electron chi connectivity index (χ4n) is 1.62. The Kier molecular flexibility index (Phi) is 3.86. The molecule has 17 heavy (non-hydrogen) atoms. The van der Waals surface area contributed by atoms with Crippen LogP contribution in [-0.4, -0.2) is 11.0 Å². The lowest BCUT2D eigenvalue weighted by Crippen LogP contribution is -2.19. The monoisotopic (exact) mass is 267 g/mol. The minimum atomic E-state index is 0.278. The van der Waals surface area contributed by atoms with Gasteiger partial charge in [0.2, 0.25) is 0 Å². The molecule has 2 aromatic heterocycles. The van der Waals surface area contributed by atoms with Gasteiger partial charge in [0.05, 0.1) is 10.7 Å². The summed E-state index contributed by atoms with van der Waals surface area (Å²) in [7, 11) is 0. The van der Waals surface area contributed by atoms with Gasteiger partial charge in [-0.05, 0) is 41.8 Å². The minimum absolute atomic E-state index is 0.278. The van der Waals surface area contributed by atoms with Crippen LogP contribution in [0, 0.1) is 0 Å². The second kappa shape index (κ2) is 5.38. The lowest BCUT2D eigenvalue weighted by atomic mass is 10.1. The zero-order chi connectivity index (χ0) is 12.3. The first-order valence-electron chi connectivity index (χ1n) is 5.34. The number of aromatic nitrogens is 1. The second-order valence-electron chi connectivity index (χ2n) is 3.97. The highest BCUT2D eigenvalue weighted by Crippen LogP contribution is 2.20. The van der Waals surface area contributed by atoms with Crippen molar-refractivity contribution < 1.29 is 0 Å². The Hall–Kier alpha value is -1.26. The van der Waals surface area contributed by atoms with E-state index in [1.165, 1.54) is 5.56 Å². The van der Waals surface area contributed by atoms with Crippen LogP contribution < -0.4 is 11.1 Å². The van der Waals surface area contributed by atoms with E-state index in [1.807, 2.05) is 0 Å². The maximum absolute atomic E-state index is 5.84. The molecule has 90 valence electrons. The van der Waals surface area contributed by atoms with Gasteiger partial charge in [0.1, 0.15) is 5.82 Å². The first-order valence-corrected chi connectivity index (χ1v) is 6.66. The summed E-state index contributed by atoms with van der Waals surface area (Å²) in [4.78, 5) is 4.18. The molecule has 3 N–H and O–H groups in total. The third kappa shape index (κ3) is 3.35. The smallest absolute Gasteiger partial charge is 0.149 e. The first kappa shape index (κ1) is 12.2. The SMILES string of the molecule is CC(Cc1ccsc1)Nc1ncc(Cl)cc1N. The maximum Gasteiger partial charge on any atom is 0.149 e. The van der Waals surface area contributed by atoms with Crippen molar-refractivity contribution in [1.29, 1.82) is 0 Å². The minimum Gasteiger partial charge on any atom is -0.396 e. The number of nitrogens with two attached hydrogens (primary N) is 1. The van der Waals surface area contributed by atoms with Gasteiger partial charge in [0.25, 0.3) is 0 Å². The summed E-state index contributed by atoms with van der Waals surface area (Å²) in [5.74, 6) is 0.692. The highest BCUT2D eigenvalue weighted by atomic mass is 35.5. The van der Waals surface area contributed by atoms with Crippen LogP contribution in [0.15, 0.2) is 29.1 Å². The number of halogens is 1. The van der Waals surface area contributed by atoms with Gasteiger partial charge in [-0.2, -0.15) is 11.3 Å². The number of nitrogens with one attached hydrogen (secondary N) is 1. The predicted octanol–water partition coefficient (Wildman–Crippen LogP) is 3.42. The number of anilines is 2. The summed E-state index contributed by atoms with van der Waals surface area (Å²) in [6.07, 6.45) is 2.55. The fraction of sp³-hybridized carbons (Fsp3) is 0.250. The van der Waals surface area contributed by atoms with Crippen LogP contribution in [0.2, 0.25) is 5.02 Å². The molecule has 2 aromatic rings. The second-order valence-corrected chi connectivity index (χ2v) is 5.19. The molecule has 1 unspecified atom stereocenters. The molecule has 0 aliphatic carbocycles. The number of pyridine rings is 1. The van der Waals surface area contributed by atoms with Crippen molar-refractivity contribution in [3.05, 3.63) is 39.7 Å². The molecule has 2 rings (SSSR count). The van der Waals surface area contributed by atoms with E-state index >= 15 is 0 Å². The van der Waals surface area contributed by atoms with Crippen LogP contribution in [0.4, 0.5) is 11.5 Å². The van der Waals surface area contributed by atoms with Gasteiger partial charge < -0.3 is 11.1 Å². The molecule has 3 nitrogen and oxygen atoms in total. The van der Waals surface area contributed by atoms with Gasteiger partial charge >= 0.3 is 0 Å². The number of nitrogen functional groups attached to an aromatic ring is 1. The molecule has 5 heteroatoms. The quantitative estimate of drug-likeness (QED) is 0.892. The van der Waals surface area contributed by atoms with Crippen molar-refractivity contribution in [2.24, 2.45) is 0 Å². The van der Waals surface area contributed by atoms with Crippen LogP contribution in [0.3, 0.4) is 0 Å². The van der Waals surface area contributed by atoms with Crippen molar-refractivity contribution in [2.45, 2.75) is 19.4 Å². The molecule has 0 spiro atoms. The van der Waals surface area contributed by atoms with Gasteiger partial charge in [-0.25, -0.2) is 4.98 Å². The first-order chi connectivity index (χ1) is 8.15. The Morgan fingerprint density at radius 3 is 3.06 bits per heavy atom. The summed E-state index contributed by atoms with van der Waals surface area (Å²) in [5, 5.41) is 8.07. The van der Waals surface area contributed by atoms with Crippen molar-refractivity contribution in [2.75, 3.05) is 11.1 Å². The van der Waals surface area contributed by atoms with E-state index in [9.17, 15) is 0 Å². The molecule has 0 aliphatic heterocycles. The topological polar surface area (TPSA) is 50.9 Å². The lowest BCUT2D eigenvalue weighted by molar-refractivity contribution is 0.787. The average Bonchev–Trinajstić information content (AvgIpc) is 2.75. The molecule has 0 aliphatic rings. The molecule has 0 aromatic carbocycles. The van der Waals surface area contributed by atoms with Crippen LogP contribution >= 0.6 is 22.9 Å².